The summed E-state index contributed by atoms with van der Waals surface area (Å²) in [7, 11) is 0. The highest BCUT2D eigenvalue weighted by atomic mass is 16.5. The Kier molecular flexibility index (Phi) is 17.4. The van der Waals surface area contributed by atoms with E-state index >= 15 is 0 Å². The van der Waals surface area contributed by atoms with E-state index in [1.807, 2.05) is 6.07 Å². The third-order valence-electron chi connectivity index (χ3n) is 11.1. The first-order valence-corrected chi connectivity index (χ1v) is 21.3. The van der Waals surface area contributed by atoms with Gasteiger partial charge in [-0.25, -0.2) is 4.79 Å². The van der Waals surface area contributed by atoms with Crippen LogP contribution in [0.3, 0.4) is 0 Å². The van der Waals surface area contributed by atoms with Crippen LogP contribution in [0.15, 0.2) is 60.7 Å². The Labute approximate surface area is 358 Å². The van der Waals surface area contributed by atoms with Crippen molar-refractivity contribution >= 4 is 47.3 Å². The summed E-state index contributed by atoms with van der Waals surface area (Å²) < 4.78 is 5.87. The number of hydrogen-bond acceptors (Lipinski definition) is 9. The van der Waals surface area contributed by atoms with Gasteiger partial charge in [-0.05, 0) is 55.1 Å². The number of rotatable bonds is 11. The van der Waals surface area contributed by atoms with Gasteiger partial charge in [-0.3, -0.25) is 33.6 Å². The van der Waals surface area contributed by atoms with Gasteiger partial charge in [0.15, 0.2) is 0 Å². The predicted octanol–water partition coefficient (Wildman–Crippen LogP) is 1.69. The Morgan fingerprint density at radius 3 is 1.79 bits per heavy atom. The molecule has 8 atom stereocenters. The van der Waals surface area contributed by atoms with E-state index < -0.39 is 113 Å². The lowest BCUT2D eigenvalue weighted by molar-refractivity contribution is -0.157. The second-order valence-corrected chi connectivity index (χ2v) is 17.0. The Balaban J connectivity index is 1.76. The maximum Gasteiger partial charge on any atom is 0.329 e. The number of nitrogens with one attached hydrogen (secondary N) is 6. The molecule has 61 heavy (non-hydrogen) atoms. The summed E-state index contributed by atoms with van der Waals surface area (Å²) in [6, 6.07) is 9.54. The van der Waals surface area contributed by atoms with Crippen molar-refractivity contribution in [2.75, 3.05) is 6.54 Å². The van der Waals surface area contributed by atoms with Gasteiger partial charge in [0.2, 0.25) is 41.4 Å². The van der Waals surface area contributed by atoms with Crippen LogP contribution in [0.1, 0.15) is 85.8 Å². The fraction of sp³-hybridized carbons (Fsp3) is 0.556. The lowest BCUT2D eigenvalue weighted by atomic mass is 9.98. The molecule has 0 spiro atoms. The van der Waals surface area contributed by atoms with E-state index in [1.165, 1.54) is 11.8 Å². The van der Waals surface area contributed by atoms with E-state index in [0.717, 1.165) is 5.56 Å². The van der Waals surface area contributed by atoms with E-state index in [-0.39, 0.29) is 25.8 Å². The first-order chi connectivity index (χ1) is 28.9. The first-order valence-electron chi connectivity index (χ1n) is 21.3. The minimum absolute atomic E-state index is 0.00310. The van der Waals surface area contributed by atoms with Crippen LogP contribution >= 0.6 is 0 Å². The average molecular weight is 846 g/mol. The molecule has 332 valence electrons. The molecule has 2 heterocycles. The molecular formula is C45H63N7O9. The van der Waals surface area contributed by atoms with E-state index in [4.69, 9.17) is 4.74 Å². The lowest BCUT2D eigenvalue weighted by Crippen LogP contribution is -2.62. The molecule has 6 N–H and O–H groups in total. The van der Waals surface area contributed by atoms with Crippen LogP contribution < -0.4 is 31.9 Å². The zero-order chi connectivity index (χ0) is 45.0. The van der Waals surface area contributed by atoms with Gasteiger partial charge >= 0.3 is 5.97 Å². The molecule has 2 fully saturated rings. The van der Waals surface area contributed by atoms with Gasteiger partial charge in [0.05, 0.1) is 6.42 Å². The van der Waals surface area contributed by atoms with Crippen LogP contribution in [0.2, 0.25) is 0 Å². The predicted molar refractivity (Wildman–Crippen MR) is 227 cm³/mol. The highest BCUT2D eigenvalue weighted by molar-refractivity contribution is 5.98. The molecule has 2 aliphatic heterocycles. The summed E-state index contributed by atoms with van der Waals surface area (Å²) in [5.74, 6) is -6.76. The number of nitrogens with zero attached hydrogens (tertiary/aromatic N) is 1. The third kappa shape index (κ3) is 13.1. The van der Waals surface area contributed by atoms with Crippen LogP contribution in [0.5, 0.6) is 0 Å². The summed E-state index contributed by atoms with van der Waals surface area (Å²) in [5, 5.41) is 16.5. The molecule has 16 nitrogen and oxygen atoms in total. The van der Waals surface area contributed by atoms with Crippen molar-refractivity contribution in [3.05, 3.63) is 71.8 Å². The molecule has 7 amide bonds. The molecule has 2 saturated heterocycles. The fourth-order valence-electron chi connectivity index (χ4n) is 7.47. The molecule has 0 aromatic heterocycles. The van der Waals surface area contributed by atoms with Gasteiger partial charge in [0.25, 0.3) is 0 Å². The third-order valence-corrected chi connectivity index (χ3v) is 11.1. The van der Waals surface area contributed by atoms with Crippen LogP contribution in [-0.2, 0) is 55.9 Å². The zero-order valence-electron chi connectivity index (χ0n) is 36.5. The Bertz CT molecular complexity index is 1870. The molecule has 0 aliphatic carbocycles. The second kappa shape index (κ2) is 22.2. The summed E-state index contributed by atoms with van der Waals surface area (Å²) >= 11 is 0. The summed E-state index contributed by atoms with van der Waals surface area (Å²) in [5.41, 5.74) is 1.42. The van der Waals surface area contributed by atoms with Crippen LogP contribution in [0, 0.1) is 17.8 Å². The largest absolute Gasteiger partial charge is 0.458 e. The fourth-order valence-corrected chi connectivity index (χ4v) is 7.47. The second-order valence-electron chi connectivity index (χ2n) is 17.0. The van der Waals surface area contributed by atoms with Gasteiger partial charge in [-0.1, -0.05) is 109 Å². The molecule has 8 unspecified atom stereocenters. The number of hydrogen-bond donors (Lipinski definition) is 6. The summed E-state index contributed by atoms with van der Waals surface area (Å²) in [6.07, 6.45) is -0.449. The molecule has 2 aliphatic rings. The zero-order valence-corrected chi connectivity index (χ0v) is 36.5. The quantitative estimate of drug-likeness (QED) is 0.181. The van der Waals surface area contributed by atoms with Crippen molar-refractivity contribution in [3.8, 4) is 0 Å². The number of ether oxygens (including phenoxy) is 1. The Morgan fingerprint density at radius 1 is 0.721 bits per heavy atom. The number of amides is 7. The highest BCUT2D eigenvalue weighted by Gasteiger charge is 2.42. The summed E-state index contributed by atoms with van der Waals surface area (Å²) in [4.78, 5) is 113. The average Bonchev–Trinajstić information content (AvgIpc) is 3.71. The van der Waals surface area contributed by atoms with Crippen molar-refractivity contribution in [1.29, 1.82) is 0 Å². The molecule has 4 rings (SSSR count). The normalized spacial score (nSPS) is 25.2. The van der Waals surface area contributed by atoms with Gasteiger partial charge < -0.3 is 41.5 Å². The van der Waals surface area contributed by atoms with E-state index in [0.29, 0.717) is 18.4 Å². The SMILES string of the molecule is CCC(NC(=O)Cc1ccccc1)C(=O)NC1C(=O)NC(Cc2ccccc2)C(=O)N2CCCC2C(=O)NC(C(C)C)C(=O)NC(C(C)C)C(=O)NC(C(C)C)C(=O)OC1C. The highest BCUT2D eigenvalue weighted by Crippen LogP contribution is 2.21. The first kappa shape index (κ1) is 47.9. The van der Waals surface area contributed by atoms with Crippen LogP contribution in [0.4, 0.5) is 0 Å². The van der Waals surface area contributed by atoms with Crippen molar-refractivity contribution < 1.29 is 43.1 Å². The Morgan fingerprint density at radius 2 is 1.25 bits per heavy atom. The molecule has 0 radical (unpaired) electrons. The molecular weight excluding hydrogens is 783 g/mol. The monoisotopic (exact) mass is 845 g/mol. The molecule has 0 bridgehead atoms. The van der Waals surface area contributed by atoms with Crippen molar-refractivity contribution in [1.82, 2.24) is 36.8 Å². The molecule has 2 aromatic carbocycles. The van der Waals surface area contributed by atoms with Gasteiger partial charge in [-0.15, -0.1) is 0 Å². The lowest BCUT2D eigenvalue weighted by Gasteiger charge is -2.32. The number of carbonyl (C=O) groups excluding carboxylic acids is 8. The molecule has 2 aromatic rings. The summed E-state index contributed by atoms with van der Waals surface area (Å²) in [6.45, 7) is 13.6. The van der Waals surface area contributed by atoms with Gasteiger partial charge in [0.1, 0.15) is 48.4 Å². The Hall–Kier alpha value is -5.80. The van der Waals surface area contributed by atoms with E-state index in [9.17, 15) is 38.4 Å². The number of esters is 1. The van der Waals surface area contributed by atoms with E-state index in [2.05, 4.69) is 31.9 Å². The van der Waals surface area contributed by atoms with Gasteiger partial charge in [-0.2, -0.15) is 0 Å². The van der Waals surface area contributed by atoms with Crippen molar-refractivity contribution in [3.63, 3.8) is 0 Å². The number of fused-ring (bicyclic) bond motifs is 1. The maximum atomic E-state index is 14.6. The van der Waals surface area contributed by atoms with E-state index in [1.54, 1.807) is 103 Å². The topological polar surface area (TPSA) is 221 Å². The molecule has 0 saturated carbocycles. The molecule has 16 heteroatoms. The number of cyclic esters (lactones) is 1. The van der Waals surface area contributed by atoms with Crippen LogP contribution in [-0.4, -0.2) is 107 Å². The number of carbonyl (C=O) groups is 8. The minimum atomic E-state index is -1.60. The minimum Gasteiger partial charge on any atom is -0.458 e. The van der Waals surface area contributed by atoms with Crippen molar-refractivity contribution in [2.24, 2.45) is 17.8 Å². The maximum absolute atomic E-state index is 14.6. The van der Waals surface area contributed by atoms with Crippen LogP contribution in [0.25, 0.3) is 0 Å². The van der Waals surface area contributed by atoms with Crippen molar-refractivity contribution in [2.45, 2.75) is 136 Å². The van der Waals surface area contributed by atoms with Gasteiger partial charge in [0, 0.05) is 13.0 Å². The number of benzene rings is 2. The standard InChI is InChI=1S/C45H63N7O9/c1-9-31(46-34(53)24-30-19-14-11-15-20-30)39(54)51-38-28(8)61-45(60)37(27(6)7)50-42(57)36(26(4)5)49-41(56)35(25(2)3)48-40(55)33-21-16-22-52(33)44(59)32(47-43(38)58)23-29-17-12-10-13-18-29/h10-15,17-20,25-28,31-33,35-38H,9,16,21-24H2,1-8H3,(H,46,53)(H,47,58)(H,48,55)(H,49,56)(H,50,57)(H,51,54). The smallest absolute Gasteiger partial charge is 0.329 e.